The van der Waals surface area contributed by atoms with E-state index in [2.05, 4.69) is 10.4 Å². The van der Waals surface area contributed by atoms with Crippen molar-refractivity contribution in [1.82, 2.24) is 15.1 Å². The van der Waals surface area contributed by atoms with E-state index >= 15 is 0 Å². The second-order valence-electron chi connectivity index (χ2n) is 4.80. The highest BCUT2D eigenvalue weighted by molar-refractivity contribution is 5.82. The fraction of sp³-hybridized carbons (Fsp3) is 0.636. The molecule has 0 aromatic carbocycles. The number of aromatic nitrogens is 2. The number of aryl methyl sites for hydroxylation is 1. The summed E-state index contributed by atoms with van der Waals surface area (Å²) < 4.78 is 1.61. The van der Waals surface area contributed by atoms with Gasteiger partial charge in [0.15, 0.2) is 0 Å². The number of nitrogens with two attached hydrogens (primary N) is 1. The van der Waals surface area contributed by atoms with Crippen LogP contribution in [-0.4, -0.2) is 33.9 Å². The van der Waals surface area contributed by atoms with E-state index in [4.69, 9.17) is 10.8 Å². The van der Waals surface area contributed by atoms with Crippen LogP contribution >= 0.6 is 0 Å². The molecule has 1 aliphatic rings. The molecule has 0 bridgehead atoms. The Morgan fingerprint density at radius 1 is 1.76 bits per heavy atom. The first-order valence-corrected chi connectivity index (χ1v) is 5.69. The van der Waals surface area contributed by atoms with E-state index in [-0.39, 0.29) is 17.9 Å². The zero-order valence-electron chi connectivity index (χ0n) is 9.89. The molecule has 1 aromatic heterocycles. The van der Waals surface area contributed by atoms with E-state index in [1.807, 2.05) is 0 Å². The van der Waals surface area contributed by atoms with Gasteiger partial charge in [-0.25, -0.2) is 0 Å². The molecule has 4 N–H and O–H groups in total. The van der Waals surface area contributed by atoms with Crippen molar-refractivity contribution < 1.29 is 9.90 Å². The van der Waals surface area contributed by atoms with Crippen LogP contribution in [-0.2, 0) is 11.8 Å². The second kappa shape index (κ2) is 4.46. The molecule has 2 rings (SSSR count). The zero-order chi connectivity index (χ0) is 12.5. The van der Waals surface area contributed by atoms with Gasteiger partial charge in [0, 0.05) is 30.8 Å². The Balaban J connectivity index is 1.87. The Bertz CT molecular complexity index is 411. The molecule has 1 atom stereocenters. The standard InChI is InChI=1S/C11H18N4O2/c1-15-5-8(4-14-15)9(12)10(17)13-6-11(7-16)2-3-11/h4-5,9,16H,2-3,6-7,12H2,1H3,(H,13,17). The average molecular weight is 238 g/mol. The maximum atomic E-state index is 11.8. The zero-order valence-corrected chi connectivity index (χ0v) is 9.89. The van der Waals surface area contributed by atoms with Crippen molar-refractivity contribution in [2.45, 2.75) is 18.9 Å². The first-order valence-electron chi connectivity index (χ1n) is 5.69. The predicted molar refractivity (Wildman–Crippen MR) is 61.9 cm³/mol. The maximum absolute atomic E-state index is 11.8. The molecule has 0 aliphatic heterocycles. The Morgan fingerprint density at radius 3 is 2.94 bits per heavy atom. The molecule has 1 aliphatic carbocycles. The van der Waals surface area contributed by atoms with Gasteiger partial charge in [0.05, 0.1) is 12.8 Å². The predicted octanol–water partition coefficient (Wildman–Crippen LogP) is -0.691. The van der Waals surface area contributed by atoms with E-state index in [0.717, 1.165) is 12.8 Å². The minimum atomic E-state index is -0.696. The molecular weight excluding hydrogens is 220 g/mol. The van der Waals surface area contributed by atoms with E-state index in [1.54, 1.807) is 24.1 Å². The third-order valence-electron chi connectivity index (χ3n) is 3.30. The number of nitrogens with zero attached hydrogens (tertiary/aromatic N) is 2. The van der Waals surface area contributed by atoms with Crippen LogP contribution in [0.1, 0.15) is 24.4 Å². The number of nitrogens with one attached hydrogen (secondary N) is 1. The molecule has 0 spiro atoms. The lowest BCUT2D eigenvalue weighted by Crippen LogP contribution is -2.38. The highest BCUT2D eigenvalue weighted by atomic mass is 16.3. The van der Waals surface area contributed by atoms with Crippen LogP contribution in [0.15, 0.2) is 12.4 Å². The Morgan fingerprint density at radius 2 is 2.47 bits per heavy atom. The number of amides is 1. The van der Waals surface area contributed by atoms with Crippen LogP contribution in [0.5, 0.6) is 0 Å². The average Bonchev–Trinajstić information content (AvgIpc) is 3.00. The summed E-state index contributed by atoms with van der Waals surface area (Å²) in [5, 5.41) is 15.9. The topological polar surface area (TPSA) is 93.2 Å². The minimum absolute atomic E-state index is 0.0929. The second-order valence-corrected chi connectivity index (χ2v) is 4.80. The first-order chi connectivity index (χ1) is 8.06. The van der Waals surface area contributed by atoms with Crippen molar-refractivity contribution in [2.24, 2.45) is 18.2 Å². The lowest BCUT2D eigenvalue weighted by atomic mass is 10.1. The van der Waals surface area contributed by atoms with Crippen molar-refractivity contribution in [2.75, 3.05) is 13.2 Å². The summed E-state index contributed by atoms with van der Waals surface area (Å²) in [5.41, 5.74) is 6.42. The molecule has 0 saturated heterocycles. The first kappa shape index (κ1) is 12.1. The summed E-state index contributed by atoms with van der Waals surface area (Å²) in [4.78, 5) is 11.8. The van der Waals surface area contributed by atoms with Crippen LogP contribution in [0.2, 0.25) is 0 Å². The summed E-state index contributed by atoms with van der Waals surface area (Å²) >= 11 is 0. The Labute approximate surface area is 99.8 Å². The van der Waals surface area contributed by atoms with Crippen LogP contribution in [0.4, 0.5) is 0 Å². The molecule has 1 saturated carbocycles. The summed E-state index contributed by atoms with van der Waals surface area (Å²) in [6.45, 7) is 0.617. The van der Waals surface area contributed by atoms with Crippen molar-refractivity contribution in [1.29, 1.82) is 0 Å². The highest BCUT2D eigenvalue weighted by Gasteiger charge is 2.42. The minimum Gasteiger partial charge on any atom is -0.396 e. The van der Waals surface area contributed by atoms with Crippen LogP contribution < -0.4 is 11.1 Å². The lowest BCUT2D eigenvalue weighted by molar-refractivity contribution is -0.122. The molecule has 94 valence electrons. The summed E-state index contributed by atoms with van der Waals surface area (Å²) in [6, 6.07) is -0.696. The molecule has 1 unspecified atom stereocenters. The lowest BCUT2D eigenvalue weighted by Gasteiger charge is -2.15. The van der Waals surface area contributed by atoms with Crippen molar-refractivity contribution in [3.63, 3.8) is 0 Å². The van der Waals surface area contributed by atoms with Gasteiger partial charge < -0.3 is 16.2 Å². The van der Waals surface area contributed by atoms with Gasteiger partial charge in [0.25, 0.3) is 0 Å². The van der Waals surface area contributed by atoms with Gasteiger partial charge in [-0.05, 0) is 12.8 Å². The number of hydrogen-bond donors (Lipinski definition) is 3. The number of rotatable bonds is 5. The fourth-order valence-corrected chi connectivity index (χ4v) is 1.70. The molecule has 6 nitrogen and oxygen atoms in total. The van der Waals surface area contributed by atoms with Gasteiger partial charge >= 0.3 is 0 Å². The van der Waals surface area contributed by atoms with E-state index in [9.17, 15) is 4.79 Å². The maximum Gasteiger partial charge on any atom is 0.241 e. The summed E-state index contributed by atoms with van der Waals surface area (Å²) in [5.74, 6) is -0.224. The summed E-state index contributed by atoms with van der Waals surface area (Å²) in [7, 11) is 1.78. The quantitative estimate of drug-likeness (QED) is 0.633. The van der Waals surface area contributed by atoms with Gasteiger partial charge in [0.2, 0.25) is 5.91 Å². The van der Waals surface area contributed by atoms with E-state index in [1.165, 1.54) is 0 Å². The summed E-state index contributed by atoms with van der Waals surface area (Å²) in [6.07, 6.45) is 5.24. The third-order valence-corrected chi connectivity index (χ3v) is 3.30. The molecule has 1 aromatic rings. The molecular formula is C11H18N4O2. The number of hydrogen-bond acceptors (Lipinski definition) is 4. The van der Waals surface area contributed by atoms with Gasteiger partial charge in [0.1, 0.15) is 6.04 Å². The number of carbonyl (C=O) groups excluding carboxylic acids is 1. The van der Waals surface area contributed by atoms with E-state index in [0.29, 0.717) is 12.1 Å². The van der Waals surface area contributed by atoms with Crippen LogP contribution in [0.3, 0.4) is 0 Å². The normalized spacial score (nSPS) is 18.8. The van der Waals surface area contributed by atoms with Crippen LogP contribution in [0, 0.1) is 5.41 Å². The van der Waals surface area contributed by atoms with Crippen LogP contribution in [0.25, 0.3) is 0 Å². The SMILES string of the molecule is Cn1cc(C(N)C(=O)NCC2(CO)CC2)cn1. The monoisotopic (exact) mass is 238 g/mol. The largest absolute Gasteiger partial charge is 0.396 e. The molecule has 6 heteroatoms. The molecule has 1 heterocycles. The van der Waals surface area contributed by atoms with Gasteiger partial charge in [-0.1, -0.05) is 0 Å². The third kappa shape index (κ3) is 2.65. The van der Waals surface area contributed by atoms with Gasteiger partial charge in [-0.2, -0.15) is 5.10 Å². The van der Waals surface area contributed by atoms with Gasteiger partial charge in [-0.3, -0.25) is 9.48 Å². The fourth-order valence-electron chi connectivity index (χ4n) is 1.70. The Kier molecular flexibility index (Phi) is 3.17. The van der Waals surface area contributed by atoms with Crippen molar-refractivity contribution >= 4 is 5.91 Å². The molecule has 1 fully saturated rings. The van der Waals surface area contributed by atoms with E-state index < -0.39 is 6.04 Å². The Hall–Kier alpha value is -1.40. The highest BCUT2D eigenvalue weighted by Crippen LogP contribution is 2.44. The number of aliphatic hydroxyl groups excluding tert-OH is 1. The smallest absolute Gasteiger partial charge is 0.241 e. The number of aliphatic hydroxyl groups is 1. The molecule has 17 heavy (non-hydrogen) atoms. The number of carbonyl (C=O) groups is 1. The van der Waals surface area contributed by atoms with Gasteiger partial charge in [-0.15, -0.1) is 0 Å². The van der Waals surface area contributed by atoms with Crippen molar-refractivity contribution in [3.05, 3.63) is 18.0 Å². The molecule has 1 amide bonds. The molecule has 0 radical (unpaired) electrons. The van der Waals surface area contributed by atoms with Crippen molar-refractivity contribution in [3.8, 4) is 0 Å².